The Kier molecular flexibility index (Phi) is 4.35. The summed E-state index contributed by atoms with van der Waals surface area (Å²) in [5.74, 6) is 1.23. The predicted molar refractivity (Wildman–Crippen MR) is 76.4 cm³/mol. The number of carbonyl (C=O) groups is 1. The highest BCUT2D eigenvalue weighted by atomic mass is 16.5. The number of ether oxygens (including phenoxy) is 2. The van der Waals surface area contributed by atoms with Crippen molar-refractivity contribution in [2.45, 2.75) is 20.0 Å². The summed E-state index contributed by atoms with van der Waals surface area (Å²) >= 11 is 0. The van der Waals surface area contributed by atoms with Crippen LogP contribution in [-0.2, 0) is 0 Å². The number of ketones is 1. The van der Waals surface area contributed by atoms with Crippen molar-refractivity contribution in [1.29, 1.82) is 0 Å². The molecule has 1 aromatic heterocycles. The molecule has 0 unspecified atom stereocenters. The van der Waals surface area contributed by atoms with Crippen LogP contribution in [0.3, 0.4) is 0 Å². The number of hydrogen-bond donors (Lipinski definition) is 0. The normalized spacial score (nSPS) is 10.4. The first-order chi connectivity index (χ1) is 9.60. The fourth-order valence-corrected chi connectivity index (χ4v) is 1.79. The van der Waals surface area contributed by atoms with E-state index in [0.29, 0.717) is 16.9 Å². The first kappa shape index (κ1) is 14.1. The first-order valence-electron chi connectivity index (χ1n) is 6.40. The number of methoxy groups -OCH3 is 1. The molecule has 0 atom stereocenters. The van der Waals surface area contributed by atoms with Crippen LogP contribution in [0, 0.1) is 0 Å². The minimum absolute atomic E-state index is 0.0446. The Labute approximate surface area is 118 Å². The molecule has 0 fully saturated rings. The van der Waals surface area contributed by atoms with Crippen molar-refractivity contribution >= 4 is 5.78 Å². The SMILES string of the molecule is COc1ccc(C(=O)c2cncc(OC(C)C)c2)cc1. The highest BCUT2D eigenvalue weighted by molar-refractivity contribution is 6.09. The van der Waals surface area contributed by atoms with Gasteiger partial charge in [0.25, 0.3) is 0 Å². The van der Waals surface area contributed by atoms with Gasteiger partial charge in [0.2, 0.25) is 0 Å². The lowest BCUT2D eigenvalue weighted by atomic mass is 10.0. The summed E-state index contributed by atoms with van der Waals surface area (Å²) in [6.07, 6.45) is 3.19. The van der Waals surface area contributed by atoms with Crippen LogP contribution in [0.15, 0.2) is 42.7 Å². The number of rotatable bonds is 5. The van der Waals surface area contributed by atoms with Gasteiger partial charge < -0.3 is 9.47 Å². The van der Waals surface area contributed by atoms with Gasteiger partial charge in [-0.2, -0.15) is 0 Å². The molecule has 0 saturated carbocycles. The fourth-order valence-electron chi connectivity index (χ4n) is 1.79. The molecule has 4 heteroatoms. The van der Waals surface area contributed by atoms with E-state index in [4.69, 9.17) is 9.47 Å². The van der Waals surface area contributed by atoms with E-state index in [9.17, 15) is 4.79 Å². The van der Waals surface area contributed by atoms with E-state index in [2.05, 4.69) is 4.98 Å². The standard InChI is InChI=1S/C16H17NO3/c1-11(2)20-15-8-13(9-17-10-15)16(18)12-4-6-14(19-3)7-5-12/h4-11H,1-3H3. The Balaban J connectivity index is 2.23. The van der Waals surface area contributed by atoms with E-state index in [1.54, 1.807) is 49.8 Å². The summed E-state index contributed by atoms with van der Waals surface area (Å²) in [4.78, 5) is 16.4. The highest BCUT2D eigenvalue weighted by Crippen LogP contribution is 2.18. The topological polar surface area (TPSA) is 48.4 Å². The number of benzene rings is 1. The van der Waals surface area contributed by atoms with E-state index < -0.39 is 0 Å². The minimum atomic E-state index is -0.0886. The van der Waals surface area contributed by atoms with E-state index in [1.807, 2.05) is 13.8 Å². The monoisotopic (exact) mass is 271 g/mol. The zero-order valence-electron chi connectivity index (χ0n) is 11.8. The molecule has 4 nitrogen and oxygen atoms in total. The van der Waals surface area contributed by atoms with E-state index >= 15 is 0 Å². The molecule has 0 aliphatic carbocycles. The maximum atomic E-state index is 12.3. The predicted octanol–water partition coefficient (Wildman–Crippen LogP) is 3.11. The highest BCUT2D eigenvalue weighted by Gasteiger charge is 2.11. The molecule has 0 N–H and O–H groups in total. The van der Waals surface area contributed by atoms with Gasteiger partial charge in [-0.3, -0.25) is 9.78 Å². The molecule has 1 heterocycles. The molecule has 2 aromatic rings. The van der Waals surface area contributed by atoms with Gasteiger partial charge in [0, 0.05) is 17.3 Å². The lowest BCUT2D eigenvalue weighted by molar-refractivity contribution is 0.103. The zero-order valence-corrected chi connectivity index (χ0v) is 11.8. The Morgan fingerprint density at radius 2 is 1.75 bits per heavy atom. The van der Waals surface area contributed by atoms with Crippen LogP contribution >= 0.6 is 0 Å². The summed E-state index contributed by atoms with van der Waals surface area (Å²) in [5, 5.41) is 0. The van der Waals surface area contributed by atoms with Gasteiger partial charge in [0.05, 0.1) is 19.4 Å². The minimum Gasteiger partial charge on any atom is -0.497 e. The fraction of sp³-hybridized carbons (Fsp3) is 0.250. The van der Waals surface area contributed by atoms with Crippen molar-refractivity contribution in [2.75, 3.05) is 7.11 Å². The lowest BCUT2D eigenvalue weighted by Gasteiger charge is -2.10. The largest absolute Gasteiger partial charge is 0.497 e. The second-order valence-electron chi connectivity index (χ2n) is 4.63. The Bertz CT molecular complexity index is 591. The molecule has 1 aromatic carbocycles. The third-order valence-electron chi connectivity index (χ3n) is 2.70. The van der Waals surface area contributed by atoms with Crippen molar-refractivity contribution in [3.05, 3.63) is 53.9 Å². The second kappa shape index (κ2) is 6.19. The van der Waals surface area contributed by atoms with E-state index in [1.165, 1.54) is 0 Å². The molecule has 0 radical (unpaired) electrons. The van der Waals surface area contributed by atoms with Gasteiger partial charge in [0.1, 0.15) is 11.5 Å². The Hall–Kier alpha value is -2.36. The number of carbonyl (C=O) groups excluding carboxylic acids is 1. The van der Waals surface area contributed by atoms with Gasteiger partial charge in [-0.05, 0) is 44.2 Å². The molecule has 0 spiro atoms. The number of hydrogen-bond acceptors (Lipinski definition) is 4. The summed E-state index contributed by atoms with van der Waals surface area (Å²) in [6.45, 7) is 3.86. The van der Waals surface area contributed by atoms with Crippen molar-refractivity contribution in [3.63, 3.8) is 0 Å². The van der Waals surface area contributed by atoms with Gasteiger partial charge in [0.15, 0.2) is 5.78 Å². The van der Waals surface area contributed by atoms with Crippen molar-refractivity contribution < 1.29 is 14.3 Å². The number of pyridine rings is 1. The molecule has 0 bridgehead atoms. The Morgan fingerprint density at radius 1 is 1.05 bits per heavy atom. The van der Waals surface area contributed by atoms with Gasteiger partial charge in [-0.25, -0.2) is 0 Å². The second-order valence-corrected chi connectivity index (χ2v) is 4.63. The average Bonchev–Trinajstić information content (AvgIpc) is 2.46. The molecule has 104 valence electrons. The van der Waals surface area contributed by atoms with E-state index in [-0.39, 0.29) is 11.9 Å². The molecular formula is C16H17NO3. The van der Waals surface area contributed by atoms with Crippen molar-refractivity contribution in [3.8, 4) is 11.5 Å². The van der Waals surface area contributed by atoms with Crippen LogP contribution in [0.2, 0.25) is 0 Å². The maximum absolute atomic E-state index is 12.3. The average molecular weight is 271 g/mol. The van der Waals surface area contributed by atoms with Crippen LogP contribution in [0.4, 0.5) is 0 Å². The molecule has 0 aliphatic rings. The third kappa shape index (κ3) is 3.35. The smallest absolute Gasteiger partial charge is 0.194 e. The summed E-state index contributed by atoms with van der Waals surface area (Å²) in [6, 6.07) is 8.69. The van der Waals surface area contributed by atoms with E-state index in [0.717, 1.165) is 5.75 Å². The van der Waals surface area contributed by atoms with Gasteiger partial charge >= 0.3 is 0 Å². The van der Waals surface area contributed by atoms with Gasteiger partial charge in [-0.15, -0.1) is 0 Å². The quantitative estimate of drug-likeness (QED) is 0.784. The Morgan fingerprint density at radius 3 is 2.35 bits per heavy atom. The third-order valence-corrected chi connectivity index (χ3v) is 2.70. The van der Waals surface area contributed by atoms with Crippen LogP contribution in [0.5, 0.6) is 11.5 Å². The molecule has 20 heavy (non-hydrogen) atoms. The molecular weight excluding hydrogens is 254 g/mol. The maximum Gasteiger partial charge on any atom is 0.194 e. The number of nitrogens with zero attached hydrogens (tertiary/aromatic N) is 1. The molecule has 0 amide bonds. The molecule has 0 saturated heterocycles. The lowest BCUT2D eigenvalue weighted by Crippen LogP contribution is -2.07. The van der Waals surface area contributed by atoms with Crippen molar-refractivity contribution in [1.82, 2.24) is 4.98 Å². The summed E-state index contributed by atoms with van der Waals surface area (Å²) in [5.41, 5.74) is 1.10. The van der Waals surface area contributed by atoms with Crippen molar-refractivity contribution in [2.24, 2.45) is 0 Å². The number of aromatic nitrogens is 1. The summed E-state index contributed by atoms with van der Waals surface area (Å²) < 4.78 is 10.6. The van der Waals surface area contributed by atoms with Gasteiger partial charge in [-0.1, -0.05) is 0 Å². The molecule has 2 rings (SSSR count). The zero-order chi connectivity index (χ0) is 14.5. The van der Waals surface area contributed by atoms with Crippen LogP contribution in [0.1, 0.15) is 29.8 Å². The van der Waals surface area contributed by atoms with Crippen LogP contribution < -0.4 is 9.47 Å². The van der Waals surface area contributed by atoms with Crippen LogP contribution in [-0.4, -0.2) is 24.0 Å². The first-order valence-corrected chi connectivity index (χ1v) is 6.40. The van der Waals surface area contributed by atoms with Crippen LogP contribution in [0.25, 0.3) is 0 Å². The molecule has 0 aliphatic heterocycles. The summed E-state index contributed by atoms with van der Waals surface area (Å²) in [7, 11) is 1.59.